The molecule has 2 aliphatic rings. The summed E-state index contributed by atoms with van der Waals surface area (Å²) in [5.41, 5.74) is 7.91. The molecule has 0 bridgehead atoms. The van der Waals surface area contributed by atoms with Crippen LogP contribution in [0.1, 0.15) is 19.3 Å². The Morgan fingerprint density at radius 3 is 2.68 bits per heavy atom. The normalized spacial score (nSPS) is 24.1. The average Bonchev–Trinajstić information content (AvgIpc) is 3.08. The highest BCUT2D eigenvalue weighted by atomic mass is 16.5. The van der Waals surface area contributed by atoms with E-state index in [4.69, 9.17) is 10.5 Å². The second-order valence-corrected chi connectivity index (χ2v) is 5.60. The summed E-state index contributed by atoms with van der Waals surface area (Å²) in [5, 5.41) is 0. The highest BCUT2D eigenvalue weighted by Gasteiger charge is 2.29. The van der Waals surface area contributed by atoms with Gasteiger partial charge in [-0.1, -0.05) is 0 Å². The number of methoxy groups -OCH3 is 1. The summed E-state index contributed by atoms with van der Waals surface area (Å²) in [6.45, 7) is 4.79. The minimum atomic E-state index is 0.718. The lowest BCUT2D eigenvalue weighted by atomic mass is 10.2. The second kappa shape index (κ2) is 5.29. The summed E-state index contributed by atoms with van der Waals surface area (Å²) in [7, 11) is 1.69. The molecule has 0 spiro atoms. The van der Waals surface area contributed by atoms with Gasteiger partial charge in [0.15, 0.2) is 0 Å². The maximum atomic E-state index is 5.94. The molecule has 2 saturated heterocycles. The number of anilines is 2. The summed E-state index contributed by atoms with van der Waals surface area (Å²) in [5.74, 6) is 0.847. The van der Waals surface area contributed by atoms with Crippen LogP contribution in [0.3, 0.4) is 0 Å². The van der Waals surface area contributed by atoms with Crippen molar-refractivity contribution < 1.29 is 4.74 Å². The molecule has 1 unspecified atom stereocenters. The fourth-order valence-electron chi connectivity index (χ4n) is 3.29. The molecule has 2 fully saturated rings. The van der Waals surface area contributed by atoms with Crippen LogP contribution in [-0.4, -0.2) is 44.2 Å². The number of nitrogens with two attached hydrogens (primary N) is 1. The maximum absolute atomic E-state index is 5.94. The molecule has 1 aromatic rings. The third kappa shape index (κ3) is 2.63. The SMILES string of the molecule is COc1cc(N)cc(N2CCC(N3CCCC3)C2)c1. The van der Waals surface area contributed by atoms with Crippen LogP contribution in [0, 0.1) is 0 Å². The van der Waals surface area contributed by atoms with Crippen LogP contribution < -0.4 is 15.4 Å². The molecule has 2 heterocycles. The summed E-state index contributed by atoms with van der Waals surface area (Å²) in [4.78, 5) is 5.07. The van der Waals surface area contributed by atoms with Gasteiger partial charge in [0.25, 0.3) is 0 Å². The highest BCUT2D eigenvalue weighted by Crippen LogP contribution is 2.29. The summed E-state index contributed by atoms with van der Waals surface area (Å²) in [6.07, 6.45) is 3.99. The van der Waals surface area contributed by atoms with Gasteiger partial charge in [0.05, 0.1) is 7.11 Å². The molecule has 0 saturated carbocycles. The Labute approximate surface area is 115 Å². The maximum Gasteiger partial charge on any atom is 0.122 e. The zero-order valence-electron chi connectivity index (χ0n) is 11.6. The fourth-order valence-corrected chi connectivity index (χ4v) is 3.29. The number of nitrogens with zero attached hydrogens (tertiary/aromatic N) is 2. The molecule has 1 aromatic carbocycles. The van der Waals surface area contributed by atoms with Gasteiger partial charge in [-0.05, 0) is 38.4 Å². The van der Waals surface area contributed by atoms with Gasteiger partial charge >= 0.3 is 0 Å². The summed E-state index contributed by atoms with van der Waals surface area (Å²) in [6, 6.07) is 6.73. The zero-order chi connectivity index (χ0) is 13.2. The average molecular weight is 261 g/mol. The topological polar surface area (TPSA) is 41.7 Å². The summed E-state index contributed by atoms with van der Waals surface area (Å²) < 4.78 is 5.30. The Balaban J connectivity index is 1.71. The van der Waals surface area contributed by atoms with Gasteiger partial charge in [0.2, 0.25) is 0 Å². The van der Waals surface area contributed by atoms with Crippen molar-refractivity contribution in [2.75, 3.05) is 43.9 Å². The monoisotopic (exact) mass is 261 g/mol. The van der Waals surface area contributed by atoms with Crippen LogP contribution in [0.25, 0.3) is 0 Å². The molecule has 0 amide bonds. The molecular weight excluding hydrogens is 238 g/mol. The highest BCUT2D eigenvalue weighted by molar-refractivity contribution is 5.61. The van der Waals surface area contributed by atoms with Crippen molar-refractivity contribution in [3.8, 4) is 5.75 Å². The first-order valence-corrected chi connectivity index (χ1v) is 7.20. The molecule has 104 valence electrons. The molecule has 3 rings (SSSR count). The quantitative estimate of drug-likeness (QED) is 0.845. The Hall–Kier alpha value is -1.42. The Kier molecular flexibility index (Phi) is 3.51. The van der Waals surface area contributed by atoms with Crippen LogP contribution >= 0.6 is 0 Å². The van der Waals surface area contributed by atoms with Crippen LogP contribution in [0.15, 0.2) is 18.2 Å². The van der Waals surface area contributed by atoms with E-state index < -0.39 is 0 Å². The van der Waals surface area contributed by atoms with Crippen LogP contribution in [0.5, 0.6) is 5.75 Å². The molecule has 1 atom stereocenters. The van der Waals surface area contributed by atoms with E-state index in [0.717, 1.165) is 30.6 Å². The Morgan fingerprint density at radius 2 is 1.95 bits per heavy atom. The molecule has 0 aliphatic carbocycles. The molecule has 0 radical (unpaired) electrons. The number of hydrogen-bond donors (Lipinski definition) is 1. The number of nitrogen functional groups attached to an aromatic ring is 1. The molecule has 4 heteroatoms. The van der Waals surface area contributed by atoms with Crippen molar-refractivity contribution in [3.63, 3.8) is 0 Å². The third-order valence-corrected chi connectivity index (χ3v) is 4.33. The lowest BCUT2D eigenvalue weighted by Crippen LogP contribution is -2.35. The van der Waals surface area contributed by atoms with Gasteiger partial charge in [-0.25, -0.2) is 0 Å². The third-order valence-electron chi connectivity index (χ3n) is 4.33. The van der Waals surface area contributed by atoms with Crippen molar-refractivity contribution in [2.45, 2.75) is 25.3 Å². The van der Waals surface area contributed by atoms with E-state index >= 15 is 0 Å². The van der Waals surface area contributed by atoms with Gasteiger partial charge in [-0.2, -0.15) is 0 Å². The number of benzene rings is 1. The largest absolute Gasteiger partial charge is 0.497 e. The lowest BCUT2D eigenvalue weighted by molar-refractivity contribution is 0.260. The van der Waals surface area contributed by atoms with Crippen molar-refractivity contribution >= 4 is 11.4 Å². The van der Waals surface area contributed by atoms with Crippen molar-refractivity contribution in [2.24, 2.45) is 0 Å². The lowest BCUT2D eigenvalue weighted by Gasteiger charge is -2.24. The standard InChI is InChI=1S/C15H23N3O/c1-19-15-9-12(16)8-14(10-15)18-7-4-13(11-18)17-5-2-3-6-17/h8-10,13H,2-7,11,16H2,1H3. The van der Waals surface area contributed by atoms with E-state index in [0.29, 0.717) is 0 Å². The molecular formula is C15H23N3O. The predicted molar refractivity (Wildman–Crippen MR) is 78.8 cm³/mol. The van der Waals surface area contributed by atoms with E-state index in [9.17, 15) is 0 Å². The van der Waals surface area contributed by atoms with E-state index in [-0.39, 0.29) is 0 Å². The molecule has 2 N–H and O–H groups in total. The van der Waals surface area contributed by atoms with Crippen LogP contribution in [-0.2, 0) is 0 Å². The van der Waals surface area contributed by atoms with Crippen molar-refractivity contribution in [1.82, 2.24) is 4.90 Å². The Bertz CT molecular complexity index is 443. The van der Waals surface area contributed by atoms with Gasteiger partial charge < -0.3 is 15.4 Å². The predicted octanol–water partition coefficient (Wildman–Crippen LogP) is 1.95. The zero-order valence-corrected chi connectivity index (χ0v) is 11.6. The van der Waals surface area contributed by atoms with Crippen molar-refractivity contribution in [3.05, 3.63) is 18.2 Å². The van der Waals surface area contributed by atoms with E-state index in [1.54, 1.807) is 7.11 Å². The fraction of sp³-hybridized carbons (Fsp3) is 0.600. The first kappa shape index (κ1) is 12.6. The van der Waals surface area contributed by atoms with Crippen LogP contribution in [0.4, 0.5) is 11.4 Å². The van der Waals surface area contributed by atoms with Gasteiger partial charge in [0, 0.05) is 42.6 Å². The first-order chi connectivity index (χ1) is 9.26. The number of rotatable bonds is 3. The second-order valence-electron chi connectivity index (χ2n) is 5.60. The Morgan fingerprint density at radius 1 is 1.16 bits per heavy atom. The minimum Gasteiger partial charge on any atom is -0.497 e. The molecule has 0 aromatic heterocycles. The van der Waals surface area contributed by atoms with E-state index in [1.165, 1.54) is 38.0 Å². The van der Waals surface area contributed by atoms with Crippen LogP contribution in [0.2, 0.25) is 0 Å². The van der Waals surface area contributed by atoms with Gasteiger partial charge in [-0.3, -0.25) is 4.90 Å². The number of ether oxygens (including phenoxy) is 1. The van der Waals surface area contributed by atoms with Gasteiger partial charge in [-0.15, -0.1) is 0 Å². The number of likely N-dealkylation sites (tertiary alicyclic amines) is 1. The van der Waals surface area contributed by atoms with E-state index in [1.807, 2.05) is 6.07 Å². The smallest absolute Gasteiger partial charge is 0.122 e. The molecule has 4 nitrogen and oxygen atoms in total. The first-order valence-electron chi connectivity index (χ1n) is 7.20. The minimum absolute atomic E-state index is 0.718. The summed E-state index contributed by atoms with van der Waals surface area (Å²) >= 11 is 0. The molecule has 2 aliphatic heterocycles. The van der Waals surface area contributed by atoms with E-state index in [2.05, 4.69) is 21.9 Å². The van der Waals surface area contributed by atoms with Gasteiger partial charge in [0.1, 0.15) is 5.75 Å². The van der Waals surface area contributed by atoms with Crippen molar-refractivity contribution in [1.29, 1.82) is 0 Å². The number of hydrogen-bond acceptors (Lipinski definition) is 4. The molecule has 19 heavy (non-hydrogen) atoms.